The van der Waals surface area contributed by atoms with Crippen LogP contribution < -0.4 is 19.3 Å². The molecular weight excluding hydrogens is 316 g/mol. The number of carbonyl (C=O) groups is 1. The highest BCUT2D eigenvalue weighted by Crippen LogP contribution is 2.36. The van der Waals surface area contributed by atoms with Crippen LogP contribution in [0.15, 0.2) is 36.4 Å². The molecule has 3 rings (SSSR count). The SMILES string of the molecule is COc1ccc(C)cc1N1CCCN(c2cc(C)ccc2OC)C1=O. The van der Waals surface area contributed by atoms with Crippen molar-refractivity contribution < 1.29 is 14.3 Å². The number of ether oxygens (including phenoxy) is 2. The van der Waals surface area contributed by atoms with Crippen molar-refractivity contribution in [2.24, 2.45) is 0 Å². The molecule has 1 heterocycles. The molecule has 1 saturated heterocycles. The Bertz CT molecular complexity index is 725. The van der Waals surface area contributed by atoms with Crippen LogP contribution in [0.25, 0.3) is 0 Å². The molecule has 0 N–H and O–H groups in total. The maximum Gasteiger partial charge on any atom is 0.329 e. The average molecular weight is 340 g/mol. The Morgan fingerprint density at radius 1 is 0.800 bits per heavy atom. The lowest BCUT2D eigenvalue weighted by atomic mass is 10.1. The van der Waals surface area contributed by atoms with E-state index in [0.29, 0.717) is 24.6 Å². The van der Waals surface area contributed by atoms with Gasteiger partial charge in [-0.3, -0.25) is 9.80 Å². The highest BCUT2D eigenvalue weighted by molar-refractivity contribution is 6.06. The molecule has 0 saturated carbocycles. The highest BCUT2D eigenvalue weighted by Gasteiger charge is 2.31. The maximum absolute atomic E-state index is 13.2. The molecule has 0 spiro atoms. The summed E-state index contributed by atoms with van der Waals surface area (Å²) in [6, 6.07) is 11.7. The van der Waals surface area contributed by atoms with Gasteiger partial charge in [0, 0.05) is 13.1 Å². The highest BCUT2D eigenvalue weighted by atomic mass is 16.5. The Labute approximate surface area is 148 Å². The van der Waals surface area contributed by atoms with E-state index in [1.54, 1.807) is 24.0 Å². The molecule has 0 unspecified atom stereocenters. The van der Waals surface area contributed by atoms with Gasteiger partial charge in [0.1, 0.15) is 11.5 Å². The second-order valence-corrected chi connectivity index (χ2v) is 6.29. The fourth-order valence-corrected chi connectivity index (χ4v) is 3.19. The Morgan fingerprint density at radius 2 is 1.24 bits per heavy atom. The zero-order valence-electron chi connectivity index (χ0n) is 15.2. The van der Waals surface area contributed by atoms with Crippen molar-refractivity contribution in [2.75, 3.05) is 37.1 Å². The van der Waals surface area contributed by atoms with E-state index in [1.807, 2.05) is 50.2 Å². The molecule has 1 aliphatic rings. The first-order valence-electron chi connectivity index (χ1n) is 8.43. The van der Waals surface area contributed by atoms with Gasteiger partial charge in [-0.25, -0.2) is 4.79 Å². The minimum absolute atomic E-state index is 0.0564. The van der Waals surface area contributed by atoms with E-state index in [-0.39, 0.29) is 6.03 Å². The van der Waals surface area contributed by atoms with Crippen LogP contribution in [-0.4, -0.2) is 33.3 Å². The first-order valence-corrected chi connectivity index (χ1v) is 8.43. The lowest BCUT2D eigenvalue weighted by Gasteiger charge is -2.36. The van der Waals surface area contributed by atoms with Gasteiger partial charge in [-0.2, -0.15) is 0 Å². The number of carbonyl (C=O) groups excluding carboxylic acids is 1. The minimum Gasteiger partial charge on any atom is -0.495 e. The second kappa shape index (κ2) is 7.05. The molecule has 2 aromatic rings. The summed E-state index contributed by atoms with van der Waals surface area (Å²) in [5.41, 5.74) is 3.80. The third-order valence-corrected chi connectivity index (χ3v) is 4.48. The molecular formula is C20H24N2O3. The summed E-state index contributed by atoms with van der Waals surface area (Å²) in [5.74, 6) is 1.41. The number of hydrogen-bond acceptors (Lipinski definition) is 3. The average Bonchev–Trinajstić information content (AvgIpc) is 2.62. The lowest BCUT2D eigenvalue weighted by Crippen LogP contribution is -2.50. The number of nitrogens with zero attached hydrogens (tertiary/aromatic N) is 2. The summed E-state index contributed by atoms with van der Waals surface area (Å²) in [4.78, 5) is 16.8. The maximum atomic E-state index is 13.2. The van der Waals surface area contributed by atoms with Crippen molar-refractivity contribution in [3.8, 4) is 11.5 Å². The van der Waals surface area contributed by atoms with Gasteiger partial charge in [-0.1, -0.05) is 12.1 Å². The van der Waals surface area contributed by atoms with E-state index in [1.165, 1.54) is 0 Å². The van der Waals surface area contributed by atoms with Crippen molar-refractivity contribution in [1.82, 2.24) is 0 Å². The standard InChI is InChI=1S/C20H24N2O3/c1-14-6-8-18(24-3)16(12-14)21-10-5-11-22(20(21)23)17-13-15(2)7-9-19(17)25-4/h6-9,12-13H,5,10-11H2,1-4H3. The third kappa shape index (κ3) is 3.27. The van der Waals surface area contributed by atoms with E-state index < -0.39 is 0 Å². The number of rotatable bonds is 4. The monoisotopic (exact) mass is 340 g/mol. The van der Waals surface area contributed by atoms with Gasteiger partial charge in [-0.15, -0.1) is 0 Å². The van der Waals surface area contributed by atoms with Gasteiger partial charge in [0.2, 0.25) is 0 Å². The van der Waals surface area contributed by atoms with Crippen LogP contribution >= 0.6 is 0 Å². The molecule has 1 fully saturated rings. The molecule has 5 nitrogen and oxygen atoms in total. The smallest absolute Gasteiger partial charge is 0.329 e. The topological polar surface area (TPSA) is 42.0 Å². The van der Waals surface area contributed by atoms with Crippen molar-refractivity contribution in [1.29, 1.82) is 0 Å². The summed E-state index contributed by atoms with van der Waals surface area (Å²) in [6.07, 6.45) is 0.875. The van der Waals surface area contributed by atoms with E-state index in [4.69, 9.17) is 9.47 Å². The van der Waals surface area contributed by atoms with Gasteiger partial charge < -0.3 is 9.47 Å². The second-order valence-electron chi connectivity index (χ2n) is 6.29. The van der Waals surface area contributed by atoms with Gasteiger partial charge >= 0.3 is 6.03 Å². The third-order valence-electron chi connectivity index (χ3n) is 4.48. The van der Waals surface area contributed by atoms with Crippen LogP contribution in [0.1, 0.15) is 17.5 Å². The van der Waals surface area contributed by atoms with E-state index in [2.05, 4.69) is 0 Å². The van der Waals surface area contributed by atoms with Gasteiger partial charge in [0.05, 0.1) is 25.6 Å². The molecule has 0 aromatic heterocycles. The Morgan fingerprint density at radius 3 is 1.64 bits per heavy atom. The predicted octanol–water partition coefficient (Wildman–Crippen LogP) is 4.16. The molecule has 0 bridgehead atoms. The van der Waals surface area contributed by atoms with Gasteiger partial charge in [-0.05, 0) is 55.7 Å². The number of aryl methyl sites for hydroxylation is 2. The van der Waals surface area contributed by atoms with Crippen LogP contribution in [0, 0.1) is 13.8 Å². The molecule has 2 aromatic carbocycles. The zero-order valence-corrected chi connectivity index (χ0v) is 15.2. The molecule has 2 amide bonds. The number of hydrogen-bond donors (Lipinski definition) is 0. The predicted molar refractivity (Wildman–Crippen MR) is 100 cm³/mol. The van der Waals surface area contributed by atoms with Crippen LogP contribution in [-0.2, 0) is 0 Å². The Balaban J connectivity index is 2.00. The summed E-state index contributed by atoms with van der Waals surface area (Å²) in [6.45, 7) is 5.37. The summed E-state index contributed by atoms with van der Waals surface area (Å²) < 4.78 is 10.9. The van der Waals surface area contributed by atoms with Gasteiger partial charge in [0.25, 0.3) is 0 Å². The number of methoxy groups -OCH3 is 2. The van der Waals surface area contributed by atoms with E-state index in [9.17, 15) is 4.79 Å². The fraction of sp³-hybridized carbons (Fsp3) is 0.350. The number of urea groups is 1. The number of anilines is 2. The number of amides is 2. The quantitative estimate of drug-likeness (QED) is 0.839. The molecule has 0 radical (unpaired) electrons. The molecule has 0 aliphatic carbocycles. The van der Waals surface area contributed by atoms with Gasteiger partial charge in [0.15, 0.2) is 0 Å². The van der Waals surface area contributed by atoms with Crippen LogP contribution in [0.3, 0.4) is 0 Å². The number of benzene rings is 2. The molecule has 1 aliphatic heterocycles. The molecule has 25 heavy (non-hydrogen) atoms. The summed E-state index contributed by atoms with van der Waals surface area (Å²) in [7, 11) is 3.26. The molecule has 132 valence electrons. The normalized spacial score (nSPS) is 14.6. The fourth-order valence-electron chi connectivity index (χ4n) is 3.19. The summed E-state index contributed by atoms with van der Waals surface area (Å²) in [5, 5.41) is 0. The van der Waals surface area contributed by atoms with Crippen LogP contribution in [0.2, 0.25) is 0 Å². The van der Waals surface area contributed by atoms with Crippen LogP contribution in [0.5, 0.6) is 11.5 Å². The van der Waals surface area contributed by atoms with Crippen molar-refractivity contribution in [3.63, 3.8) is 0 Å². The first kappa shape index (κ1) is 17.1. The van der Waals surface area contributed by atoms with E-state index >= 15 is 0 Å². The molecule has 5 heteroatoms. The first-order chi connectivity index (χ1) is 12.0. The summed E-state index contributed by atoms with van der Waals surface area (Å²) >= 11 is 0. The van der Waals surface area contributed by atoms with Crippen molar-refractivity contribution >= 4 is 17.4 Å². The Hall–Kier alpha value is -2.69. The van der Waals surface area contributed by atoms with Crippen molar-refractivity contribution in [3.05, 3.63) is 47.5 Å². The van der Waals surface area contributed by atoms with Crippen molar-refractivity contribution in [2.45, 2.75) is 20.3 Å². The van der Waals surface area contributed by atoms with E-state index in [0.717, 1.165) is 28.9 Å². The zero-order chi connectivity index (χ0) is 18.0. The lowest BCUT2D eigenvalue weighted by molar-refractivity contribution is 0.248. The minimum atomic E-state index is -0.0564. The van der Waals surface area contributed by atoms with Crippen LogP contribution in [0.4, 0.5) is 16.2 Å². The molecule has 0 atom stereocenters. The Kier molecular flexibility index (Phi) is 4.83. The largest absolute Gasteiger partial charge is 0.495 e.